The van der Waals surface area contributed by atoms with E-state index >= 15 is 0 Å². The minimum absolute atomic E-state index is 0.298. The van der Waals surface area contributed by atoms with Crippen molar-refractivity contribution in [1.82, 2.24) is 5.32 Å². The van der Waals surface area contributed by atoms with E-state index in [-0.39, 0.29) is 6.09 Å². The number of hydrogen-bond acceptors (Lipinski definition) is 7. The Morgan fingerprint density at radius 2 is 1.92 bits per heavy atom. The molecular formula is C30H36N2O6. The van der Waals surface area contributed by atoms with Crippen molar-refractivity contribution in [3.05, 3.63) is 95.1 Å². The van der Waals surface area contributed by atoms with Crippen LogP contribution in [0.1, 0.15) is 48.2 Å². The Hall–Kier alpha value is -4.04. The number of nitrogens with two attached hydrogens (primary N) is 1. The lowest BCUT2D eigenvalue weighted by Gasteiger charge is -2.37. The molecule has 0 radical (unpaired) electrons. The van der Waals surface area contributed by atoms with E-state index in [0.29, 0.717) is 36.6 Å². The van der Waals surface area contributed by atoms with Crippen molar-refractivity contribution in [2.45, 2.75) is 51.4 Å². The first-order chi connectivity index (χ1) is 18.2. The zero-order valence-corrected chi connectivity index (χ0v) is 22.1. The zero-order chi connectivity index (χ0) is 27.5. The molecular weight excluding hydrogens is 484 g/mol. The minimum atomic E-state index is -0.660. The number of methoxy groups -OCH3 is 1. The second kappa shape index (κ2) is 13.5. The highest BCUT2D eigenvalue weighted by molar-refractivity contribution is 5.95. The van der Waals surface area contributed by atoms with E-state index in [4.69, 9.17) is 15.2 Å². The van der Waals surface area contributed by atoms with Gasteiger partial charge in [-0.25, -0.2) is 9.59 Å². The van der Waals surface area contributed by atoms with Gasteiger partial charge in [0.25, 0.3) is 0 Å². The summed E-state index contributed by atoms with van der Waals surface area (Å²) in [5, 5.41) is 12.7. The fraction of sp³-hybridized carbons (Fsp3) is 0.333. The molecule has 38 heavy (non-hydrogen) atoms. The summed E-state index contributed by atoms with van der Waals surface area (Å²) < 4.78 is 15.5. The Kier molecular flexibility index (Phi) is 10.1. The number of nitrogens with one attached hydrogen (secondary N) is 1. The van der Waals surface area contributed by atoms with Crippen molar-refractivity contribution in [1.29, 1.82) is 0 Å². The second-order valence-corrected chi connectivity index (χ2v) is 9.54. The van der Waals surface area contributed by atoms with Crippen molar-refractivity contribution in [3.63, 3.8) is 0 Å². The number of hydrogen-bond donors (Lipinski definition) is 3. The quantitative estimate of drug-likeness (QED) is 0.367. The number of fused-ring (bicyclic) bond motifs is 1. The van der Waals surface area contributed by atoms with Gasteiger partial charge in [-0.05, 0) is 43.9 Å². The summed E-state index contributed by atoms with van der Waals surface area (Å²) in [7, 11) is 1.30. The predicted molar refractivity (Wildman–Crippen MR) is 147 cm³/mol. The Balaban J connectivity index is 0.000000212. The number of aliphatic hydroxyl groups is 1. The lowest BCUT2D eigenvalue weighted by Crippen LogP contribution is -2.46. The van der Waals surface area contributed by atoms with Gasteiger partial charge in [-0.15, -0.1) is 0 Å². The smallest absolute Gasteiger partial charge is 0.407 e. The Bertz CT molecular complexity index is 1200. The van der Waals surface area contributed by atoms with Gasteiger partial charge in [-0.1, -0.05) is 66.3 Å². The average Bonchev–Trinajstić information content (AvgIpc) is 3.17. The third-order valence-electron chi connectivity index (χ3n) is 6.23. The number of allylic oxidation sites excluding steroid dienone is 5. The monoisotopic (exact) mass is 520 g/mol. The topological polar surface area (TPSA) is 120 Å². The molecule has 2 aromatic rings. The first kappa shape index (κ1) is 28.5. The van der Waals surface area contributed by atoms with Gasteiger partial charge in [0, 0.05) is 24.7 Å². The normalized spacial score (nSPS) is 16.9. The molecule has 8 heteroatoms. The van der Waals surface area contributed by atoms with Crippen molar-refractivity contribution < 1.29 is 28.9 Å². The summed E-state index contributed by atoms with van der Waals surface area (Å²) in [6.07, 6.45) is 11.5. The van der Waals surface area contributed by atoms with Gasteiger partial charge in [0.2, 0.25) is 0 Å². The van der Waals surface area contributed by atoms with Crippen LogP contribution in [0.3, 0.4) is 0 Å². The van der Waals surface area contributed by atoms with Crippen molar-refractivity contribution >= 4 is 17.7 Å². The van der Waals surface area contributed by atoms with Gasteiger partial charge in [-0.3, -0.25) is 0 Å². The van der Waals surface area contributed by atoms with Crippen molar-refractivity contribution in [2.75, 3.05) is 19.4 Å². The van der Waals surface area contributed by atoms with E-state index in [1.807, 2.05) is 62.4 Å². The van der Waals surface area contributed by atoms with Crippen LogP contribution in [0, 0.1) is 0 Å². The third kappa shape index (κ3) is 8.24. The van der Waals surface area contributed by atoms with Crippen LogP contribution in [0.2, 0.25) is 0 Å². The van der Waals surface area contributed by atoms with E-state index in [1.165, 1.54) is 12.7 Å². The first-order valence-electron chi connectivity index (χ1n) is 12.5. The zero-order valence-electron chi connectivity index (χ0n) is 22.1. The Labute approximate surface area is 223 Å². The summed E-state index contributed by atoms with van der Waals surface area (Å²) in [6, 6.07) is 12.9. The Morgan fingerprint density at radius 1 is 1.16 bits per heavy atom. The van der Waals surface area contributed by atoms with Crippen LogP contribution in [0.15, 0.2) is 78.4 Å². The van der Waals surface area contributed by atoms with Crippen molar-refractivity contribution in [2.24, 2.45) is 0 Å². The maximum atomic E-state index is 11.5. The minimum Gasteiger partial charge on any atom is -0.485 e. The number of amides is 1. The van der Waals surface area contributed by atoms with Gasteiger partial charge in [0.05, 0.1) is 18.8 Å². The molecule has 8 nitrogen and oxygen atoms in total. The van der Waals surface area contributed by atoms with Crippen LogP contribution in [-0.2, 0) is 22.5 Å². The van der Waals surface area contributed by atoms with Crippen LogP contribution >= 0.6 is 0 Å². The second-order valence-electron chi connectivity index (χ2n) is 9.54. The number of carbonyl (C=O) groups is 2. The highest BCUT2D eigenvalue weighted by atomic mass is 16.5. The van der Waals surface area contributed by atoms with Crippen LogP contribution in [-0.4, -0.2) is 42.5 Å². The van der Waals surface area contributed by atoms with Gasteiger partial charge in [0.15, 0.2) is 0 Å². The van der Waals surface area contributed by atoms with Gasteiger partial charge in [0.1, 0.15) is 18.0 Å². The fourth-order valence-electron chi connectivity index (χ4n) is 3.89. The molecule has 1 aliphatic heterocycles. The standard InChI is InChI=1S/C17H19NO2.C13H17NO4/c19-17(20-14-16-10-6-3-7-11-16)18-13-12-15-8-4-1-2-5-9-15;1-13(2)11(15)5-7-4-8(12(16)17-3)9(14)6-10(7)18-13/h1-8,10-11H,9,12-14H2,(H,18,19);4,6,11,15H,5,14H2,1-3H3. The molecule has 0 bridgehead atoms. The maximum Gasteiger partial charge on any atom is 0.407 e. The molecule has 2 aliphatic rings. The number of anilines is 1. The largest absolute Gasteiger partial charge is 0.485 e. The van der Waals surface area contributed by atoms with Crippen LogP contribution < -0.4 is 15.8 Å². The molecule has 0 aromatic heterocycles. The summed E-state index contributed by atoms with van der Waals surface area (Å²) in [4.78, 5) is 23.1. The SMILES string of the molecule is COC(=O)c1cc2c(cc1N)OC(C)(C)C(O)C2.O=C(NCCC1=CC=CC=CC1)OCc1ccccc1. The molecule has 0 spiro atoms. The predicted octanol–water partition coefficient (Wildman–Crippen LogP) is 4.88. The van der Waals surface area contributed by atoms with E-state index in [2.05, 4.69) is 22.2 Å². The number of rotatable bonds is 6. The highest BCUT2D eigenvalue weighted by Crippen LogP contribution is 2.36. The molecule has 4 rings (SSSR count). The lowest BCUT2D eigenvalue weighted by molar-refractivity contribution is -0.0411. The maximum absolute atomic E-state index is 11.5. The van der Waals surface area contributed by atoms with Gasteiger partial charge < -0.3 is 30.4 Å². The number of alkyl carbamates (subject to hydrolysis) is 1. The molecule has 0 saturated heterocycles. The van der Waals surface area contributed by atoms with E-state index in [0.717, 1.165) is 24.0 Å². The number of aliphatic hydroxyl groups excluding tert-OH is 1. The third-order valence-corrected chi connectivity index (χ3v) is 6.23. The molecule has 1 heterocycles. The van der Waals surface area contributed by atoms with Gasteiger partial charge >= 0.3 is 12.1 Å². The van der Waals surface area contributed by atoms with E-state index < -0.39 is 17.7 Å². The van der Waals surface area contributed by atoms with Crippen molar-refractivity contribution in [3.8, 4) is 5.75 Å². The average molecular weight is 521 g/mol. The number of esters is 1. The molecule has 202 valence electrons. The van der Waals surface area contributed by atoms with E-state index in [9.17, 15) is 14.7 Å². The highest BCUT2D eigenvalue weighted by Gasteiger charge is 2.36. The Morgan fingerprint density at radius 3 is 2.66 bits per heavy atom. The molecule has 2 aromatic carbocycles. The van der Waals surface area contributed by atoms with Crippen LogP contribution in [0.4, 0.5) is 10.5 Å². The molecule has 0 fully saturated rings. The number of benzene rings is 2. The number of nitrogen functional groups attached to an aromatic ring is 1. The van der Waals surface area contributed by atoms with Crippen LogP contribution in [0.5, 0.6) is 5.75 Å². The molecule has 4 N–H and O–H groups in total. The number of carbonyl (C=O) groups excluding carboxylic acids is 2. The summed E-state index contributed by atoms with van der Waals surface area (Å²) >= 11 is 0. The fourth-order valence-corrected chi connectivity index (χ4v) is 3.89. The molecule has 1 amide bonds. The van der Waals surface area contributed by atoms with E-state index in [1.54, 1.807) is 12.1 Å². The van der Waals surface area contributed by atoms with Gasteiger partial charge in [-0.2, -0.15) is 0 Å². The lowest BCUT2D eigenvalue weighted by atomic mass is 9.90. The summed E-state index contributed by atoms with van der Waals surface area (Å²) in [5.74, 6) is 0.116. The summed E-state index contributed by atoms with van der Waals surface area (Å²) in [6.45, 7) is 4.53. The number of ether oxygens (including phenoxy) is 3. The summed E-state index contributed by atoms with van der Waals surface area (Å²) in [5.41, 5.74) is 8.81. The molecule has 0 saturated carbocycles. The first-order valence-corrected chi connectivity index (χ1v) is 12.5. The molecule has 1 unspecified atom stereocenters. The molecule has 1 aliphatic carbocycles. The molecule has 1 atom stereocenters. The van der Waals surface area contributed by atoms with Crippen LogP contribution in [0.25, 0.3) is 0 Å².